The minimum Gasteiger partial charge on any atom is -0.366 e. The van der Waals surface area contributed by atoms with Gasteiger partial charge >= 0.3 is 0 Å². The standard InChI is InChI=1S/2C14H18N2O2/c1-10-9-11(13(15)17)5-6-12(10)14(18)16-7-3-2-4-8-16;15-13(17)11-5-7-12(8-6-11)14(18)16-9-3-1-2-4-10-16/h5-6,9H,2-4,7-8H2,1H3,(H2,15,17);5-8H,1-4,9-10H2,(H2,15,17). The number of nitrogens with zero attached hydrogens (tertiary/aromatic N) is 2. The highest BCUT2D eigenvalue weighted by Gasteiger charge is 2.20. The number of hydrogen-bond donors (Lipinski definition) is 2. The second kappa shape index (κ2) is 12.9. The third kappa shape index (κ3) is 7.16. The van der Waals surface area contributed by atoms with Gasteiger partial charge < -0.3 is 21.3 Å². The molecule has 4 rings (SSSR count). The van der Waals surface area contributed by atoms with Gasteiger partial charge in [0.1, 0.15) is 0 Å². The molecule has 4 amide bonds. The number of carbonyl (C=O) groups excluding carboxylic acids is 4. The highest BCUT2D eigenvalue weighted by atomic mass is 16.2. The zero-order valence-electron chi connectivity index (χ0n) is 21.0. The molecule has 0 radical (unpaired) electrons. The molecule has 0 atom stereocenters. The van der Waals surface area contributed by atoms with E-state index in [0.717, 1.165) is 57.4 Å². The maximum absolute atomic E-state index is 12.3. The molecule has 0 spiro atoms. The molecule has 2 aliphatic rings. The summed E-state index contributed by atoms with van der Waals surface area (Å²) >= 11 is 0. The van der Waals surface area contributed by atoms with Crippen molar-refractivity contribution in [3.63, 3.8) is 0 Å². The quantitative estimate of drug-likeness (QED) is 0.677. The molecule has 0 unspecified atom stereocenters. The lowest BCUT2D eigenvalue weighted by Crippen LogP contribution is -2.36. The van der Waals surface area contributed by atoms with Crippen LogP contribution in [0.1, 0.15) is 91.9 Å². The molecule has 0 saturated carbocycles. The molecule has 8 heteroatoms. The van der Waals surface area contributed by atoms with E-state index >= 15 is 0 Å². The molecule has 2 aliphatic heterocycles. The zero-order valence-corrected chi connectivity index (χ0v) is 21.0. The number of likely N-dealkylation sites (tertiary alicyclic amines) is 2. The van der Waals surface area contributed by atoms with Crippen molar-refractivity contribution in [2.75, 3.05) is 26.2 Å². The van der Waals surface area contributed by atoms with E-state index in [-0.39, 0.29) is 11.8 Å². The first-order valence-corrected chi connectivity index (χ1v) is 12.7. The number of rotatable bonds is 4. The molecule has 4 N–H and O–H groups in total. The summed E-state index contributed by atoms with van der Waals surface area (Å²) in [7, 11) is 0. The third-order valence-corrected chi connectivity index (χ3v) is 6.69. The first kappa shape index (κ1) is 26.9. The lowest BCUT2D eigenvalue weighted by Gasteiger charge is -2.27. The van der Waals surface area contributed by atoms with E-state index in [1.54, 1.807) is 42.5 Å². The van der Waals surface area contributed by atoms with Gasteiger partial charge in [0.25, 0.3) is 11.8 Å². The Morgan fingerprint density at radius 1 is 0.583 bits per heavy atom. The van der Waals surface area contributed by atoms with Gasteiger partial charge in [0.05, 0.1) is 0 Å². The molecular formula is C28H36N4O4. The molecule has 2 heterocycles. The van der Waals surface area contributed by atoms with Crippen molar-refractivity contribution in [2.45, 2.75) is 51.9 Å². The summed E-state index contributed by atoms with van der Waals surface area (Å²) in [6.07, 6.45) is 7.89. The summed E-state index contributed by atoms with van der Waals surface area (Å²) in [4.78, 5) is 50.4. The van der Waals surface area contributed by atoms with Crippen molar-refractivity contribution in [1.82, 2.24) is 9.80 Å². The van der Waals surface area contributed by atoms with E-state index in [9.17, 15) is 19.2 Å². The predicted molar refractivity (Wildman–Crippen MR) is 139 cm³/mol. The van der Waals surface area contributed by atoms with Gasteiger partial charge in [-0.2, -0.15) is 0 Å². The van der Waals surface area contributed by atoms with Crippen molar-refractivity contribution < 1.29 is 19.2 Å². The number of aryl methyl sites for hydroxylation is 1. The largest absolute Gasteiger partial charge is 0.366 e. The van der Waals surface area contributed by atoms with Gasteiger partial charge in [-0.05, 0) is 87.1 Å². The summed E-state index contributed by atoms with van der Waals surface area (Å²) in [5.41, 5.74) is 13.4. The van der Waals surface area contributed by atoms with Crippen LogP contribution in [0.2, 0.25) is 0 Å². The maximum Gasteiger partial charge on any atom is 0.254 e. The maximum atomic E-state index is 12.3. The van der Waals surface area contributed by atoms with Gasteiger partial charge in [-0.15, -0.1) is 0 Å². The molecule has 2 saturated heterocycles. The van der Waals surface area contributed by atoms with Gasteiger partial charge in [-0.1, -0.05) is 12.8 Å². The number of carbonyl (C=O) groups is 4. The second-order valence-corrected chi connectivity index (χ2v) is 9.39. The molecule has 0 aromatic heterocycles. The number of hydrogen-bond acceptors (Lipinski definition) is 4. The Morgan fingerprint density at radius 3 is 1.47 bits per heavy atom. The van der Waals surface area contributed by atoms with E-state index in [2.05, 4.69) is 0 Å². The normalized spacial score (nSPS) is 15.8. The third-order valence-electron chi connectivity index (χ3n) is 6.69. The van der Waals surface area contributed by atoms with Crippen molar-refractivity contribution in [3.8, 4) is 0 Å². The summed E-state index contributed by atoms with van der Waals surface area (Å²) in [6.45, 7) is 5.15. The first-order valence-electron chi connectivity index (χ1n) is 12.7. The summed E-state index contributed by atoms with van der Waals surface area (Å²) in [6, 6.07) is 11.6. The van der Waals surface area contributed by atoms with E-state index in [1.165, 1.54) is 19.3 Å². The predicted octanol–water partition coefficient (Wildman–Crippen LogP) is 3.52. The van der Waals surface area contributed by atoms with Gasteiger partial charge in [0.15, 0.2) is 0 Å². The Kier molecular flexibility index (Phi) is 9.61. The zero-order chi connectivity index (χ0) is 26.1. The second-order valence-electron chi connectivity index (χ2n) is 9.39. The van der Waals surface area contributed by atoms with Crippen LogP contribution in [0.25, 0.3) is 0 Å². The lowest BCUT2D eigenvalue weighted by molar-refractivity contribution is 0.0721. The van der Waals surface area contributed by atoms with Gasteiger partial charge in [-0.25, -0.2) is 0 Å². The Labute approximate surface area is 212 Å². The van der Waals surface area contributed by atoms with Crippen LogP contribution in [0.4, 0.5) is 0 Å². The molecule has 2 aromatic rings. The molecule has 36 heavy (non-hydrogen) atoms. The Balaban J connectivity index is 0.000000201. The Hall–Kier alpha value is -3.68. The van der Waals surface area contributed by atoms with E-state index in [4.69, 9.17) is 11.5 Å². The average molecular weight is 493 g/mol. The molecular weight excluding hydrogens is 456 g/mol. The SMILES string of the molecule is Cc1cc(C(N)=O)ccc1C(=O)N1CCCCC1.NC(=O)c1ccc(C(=O)N2CCCCCC2)cc1. The van der Waals surface area contributed by atoms with Gasteiger partial charge in [0.2, 0.25) is 11.8 Å². The van der Waals surface area contributed by atoms with Crippen LogP contribution in [0.3, 0.4) is 0 Å². The fourth-order valence-corrected chi connectivity index (χ4v) is 4.56. The highest BCUT2D eigenvalue weighted by Crippen LogP contribution is 2.17. The molecule has 8 nitrogen and oxygen atoms in total. The number of primary amides is 2. The van der Waals surface area contributed by atoms with E-state index < -0.39 is 11.8 Å². The molecule has 2 aromatic carbocycles. The average Bonchev–Trinajstić information content (AvgIpc) is 3.18. The van der Waals surface area contributed by atoms with Crippen molar-refractivity contribution in [2.24, 2.45) is 11.5 Å². The highest BCUT2D eigenvalue weighted by molar-refractivity contribution is 5.99. The number of nitrogens with two attached hydrogens (primary N) is 2. The van der Waals surface area contributed by atoms with Gasteiger partial charge in [0, 0.05) is 48.4 Å². The number of piperidine rings is 1. The van der Waals surface area contributed by atoms with Gasteiger partial charge in [-0.3, -0.25) is 19.2 Å². The van der Waals surface area contributed by atoms with Crippen LogP contribution in [0.15, 0.2) is 42.5 Å². The van der Waals surface area contributed by atoms with Crippen LogP contribution in [-0.2, 0) is 0 Å². The fourth-order valence-electron chi connectivity index (χ4n) is 4.56. The Bertz CT molecular complexity index is 1080. The number of amides is 4. The molecule has 2 fully saturated rings. The van der Waals surface area contributed by atoms with E-state index in [1.807, 2.05) is 16.7 Å². The van der Waals surface area contributed by atoms with Crippen LogP contribution in [0.5, 0.6) is 0 Å². The van der Waals surface area contributed by atoms with Crippen LogP contribution < -0.4 is 11.5 Å². The summed E-state index contributed by atoms with van der Waals surface area (Å²) < 4.78 is 0. The van der Waals surface area contributed by atoms with E-state index in [0.29, 0.717) is 22.3 Å². The van der Waals surface area contributed by atoms with Crippen LogP contribution in [-0.4, -0.2) is 59.6 Å². The first-order chi connectivity index (χ1) is 17.3. The number of benzene rings is 2. The molecule has 0 aliphatic carbocycles. The van der Waals surface area contributed by atoms with Crippen LogP contribution in [0, 0.1) is 6.92 Å². The lowest BCUT2D eigenvalue weighted by atomic mass is 10.0. The minimum atomic E-state index is -0.469. The topological polar surface area (TPSA) is 127 Å². The minimum absolute atomic E-state index is 0.0490. The monoisotopic (exact) mass is 492 g/mol. The van der Waals surface area contributed by atoms with Crippen molar-refractivity contribution in [3.05, 3.63) is 70.3 Å². The summed E-state index contributed by atoms with van der Waals surface area (Å²) in [5.74, 6) is -0.824. The summed E-state index contributed by atoms with van der Waals surface area (Å²) in [5, 5.41) is 0. The smallest absolute Gasteiger partial charge is 0.254 e. The molecule has 0 bridgehead atoms. The Morgan fingerprint density at radius 2 is 1.00 bits per heavy atom. The fraction of sp³-hybridized carbons (Fsp3) is 0.429. The van der Waals surface area contributed by atoms with Crippen LogP contribution >= 0.6 is 0 Å². The van der Waals surface area contributed by atoms with Crippen molar-refractivity contribution >= 4 is 23.6 Å². The van der Waals surface area contributed by atoms with Crippen molar-refractivity contribution in [1.29, 1.82) is 0 Å². The molecule has 192 valence electrons.